The van der Waals surface area contributed by atoms with E-state index < -0.39 is 23.7 Å². The smallest absolute Gasteiger partial charge is 0.305 e. The Morgan fingerprint density at radius 1 is 1.29 bits per heavy atom. The molecule has 128 valence electrons. The van der Waals surface area contributed by atoms with Gasteiger partial charge in [-0.3, -0.25) is 9.59 Å². The minimum absolute atomic E-state index is 0.0671. The Hall–Kier alpha value is -2.70. The lowest BCUT2D eigenvalue weighted by Crippen LogP contribution is -2.30. The van der Waals surface area contributed by atoms with Gasteiger partial charge in [-0.15, -0.1) is 0 Å². The highest BCUT2D eigenvalue weighted by Gasteiger charge is 2.24. The molecule has 0 aliphatic heterocycles. The van der Waals surface area contributed by atoms with E-state index in [-0.39, 0.29) is 17.5 Å². The summed E-state index contributed by atoms with van der Waals surface area (Å²) in [6, 6.07) is 6.02. The second-order valence-electron chi connectivity index (χ2n) is 6.50. The zero-order valence-electron chi connectivity index (χ0n) is 13.7. The van der Waals surface area contributed by atoms with Gasteiger partial charge < -0.3 is 14.9 Å². The van der Waals surface area contributed by atoms with Gasteiger partial charge in [0.15, 0.2) is 5.69 Å². The SMILES string of the molecule is CC(C)(C)c1cc(C(=O)N[C@@H](CC(=O)O)c2ccc(F)cc2)no1. The van der Waals surface area contributed by atoms with Gasteiger partial charge in [0.05, 0.1) is 12.5 Å². The van der Waals surface area contributed by atoms with Gasteiger partial charge in [0, 0.05) is 11.5 Å². The van der Waals surface area contributed by atoms with Crippen molar-refractivity contribution in [2.45, 2.75) is 38.6 Å². The second-order valence-corrected chi connectivity index (χ2v) is 6.50. The molecule has 1 heterocycles. The minimum Gasteiger partial charge on any atom is -0.481 e. The topological polar surface area (TPSA) is 92.4 Å². The summed E-state index contributed by atoms with van der Waals surface area (Å²) < 4.78 is 18.2. The molecule has 6 nitrogen and oxygen atoms in total. The van der Waals surface area contributed by atoms with Crippen molar-refractivity contribution < 1.29 is 23.6 Å². The number of halogens is 1. The van der Waals surface area contributed by atoms with Crippen LogP contribution in [0.25, 0.3) is 0 Å². The molecule has 1 aromatic carbocycles. The van der Waals surface area contributed by atoms with E-state index in [0.29, 0.717) is 11.3 Å². The number of nitrogens with zero attached hydrogens (tertiary/aromatic N) is 1. The van der Waals surface area contributed by atoms with Crippen LogP contribution < -0.4 is 5.32 Å². The third kappa shape index (κ3) is 4.41. The lowest BCUT2D eigenvalue weighted by molar-refractivity contribution is -0.137. The number of nitrogens with one attached hydrogen (secondary N) is 1. The molecule has 24 heavy (non-hydrogen) atoms. The molecule has 0 aliphatic carbocycles. The first kappa shape index (κ1) is 17.7. The van der Waals surface area contributed by atoms with Gasteiger partial charge in [0.2, 0.25) is 0 Å². The Labute approximate surface area is 138 Å². The normalized spacial score (nSPS) is 12.7. The number of amides is 1. The van der Waals surface area contributed by atoms with Crippen LogP contribution in [0.3, 0.4) is 0 Å². The third-order valence-electron chi connectivity index (χ3n) is 3.44. The van der Waals surface area contributed by atoms with Crippen molar-refractivity contribution in [3.05, 3.63) is 53.2 Å². The number of rotatable bonds is 5. The predicted molar refractivity (Wildman–Crippen MR) is 84.1 cm³/mol. The Balaban J connectivity index is 2.19. The van der Waals surface area contributed by atoms with Gasteiger partial charge in [0.25, 0.3) is 5.91 Å². The quantitative estimate of drug-likeness (QED) is 0.876. The van der Waals surface area contributed by atoms with Crippen molar-refractivity contribution in [2.24, 2.45) is 0 Å². The molecule has 2 N–H and O–H groups in total. The van der Waals surface area contributed by atoms with Crippen LogP contribution in [0.4, 0.5) is 4.39 Å². The number of carboxylic acids is 1. The maximum absolute atomic E-state index is 13.0. The summed E-state index contributed by atoms with van der Waals surface area (Å²) in [6.07, 6.45) is -0.332. The van der Waals surface area contributed by atoms with E-state index >= 15 is 0 Å². The molecule has 0 saturated heterocycles. The largest absolute Gasteiger partial charge is 0.481 e. The van der Waals surface area contributed by atoms with Gasteiger partial charge in [-0.2, -0.15) is 0 Å². The van der Waals surface area contributed by atoms with Crippen molar-refractivity contribution >= 4 is 11.9 Å². The number of aromatic nitrogens is 1. The average molecular weight is 334 g/mol. The van der Waals surface area contributed by atoms with E-state index in [0.717, 1.165) is 0 Å². The third-order valence-corrected chi connectivity index (χ3v) is 3.44. The van der Waals surface area contributed by atoms with Crippen molar-refractivity contribution in [2.75, 3.05) is 0 Å². The highest BCUT2D eigenvalue weighted by Crippen LogP contribution is 2.23. The number of benzene rings is 1. The first-order valence-electron chi connectivity index (χ1n) is 7.42. The molecule has 0 radical (unpaired) electrons. The molecule has 0 bridgehead atoms. The Bertz CT molecular complexity index is 732. The minimum atomic E-state index is -1.08. The predicted octanol–water partition coefficient (Wildman–Crippen LogP) is 3.06. The molecular formula is C17H19FN2O4. The fraction of sp³-hybridized carbons (Fsp3) is 0.353. The van der Waals surface area contributed by atoms with Crippen LogP contribution in [0, 0.1) is 5.82 Å². The summed E-state index contributed by atoms with van der Waals surface area (Å²) in [7, 11) is 0. The number of hydrogen-bond acceptors (Lipinski definition) is 4. The summed E-state index contributed by atoms with van der Waals surface area (Å²) in [5.41, 5.74) is 0.257. The first-order valence-corrected chi connectivity index (χ1v) is 7.42. The summed E-state index contributed by atoms with van der Waals surface area (Å²) in [6.45, 7) is 5.75. The molecule has 1 atom stereocenters. The Morgan fingerprint density at radius 2 is 1.92 bits per heavy atom. The maximum Gasteiger partial charge on any atom is 0.305 e. The Morgan fingerprint density at radius 3 is 2.42 bits per heavy atom. The molecular weight excluding hydrogens is 315 g/mol. The van der Waals surface area contributed by atoms with E-state index in [1.165, 1.54) is 30.3 Å². The molecule has 0 aliphatic rings. The molecule has 0 unspecified atom stereocenters. The number of carbonyl (C=O) groups excluding carboxylic acids is 1. The van der Waals surface area contributed by atoms with Crippen molar-refractivity contribution in [3.8, 4) is 0 Å². The number of carbonyl (C=O) groups is 2. The summed E-state index contributed by atoms with van der Waals surface area (Å²) in [4.78, 5) is 23.4. The fourth-order valence-corrected chi connectivity index (χ4v) is 2.09. The van der Waals surface area contributed by atoms with Gasteiger partial charge in [0.1, 0.15) is 11.6 Å². The number of aliphatic carboxylic acids is 1. The van der Waals surface area contributed by atoms with Crippen LogP contribution in [0.15, 0.2) is 34.9 Å². The highest BCUT2D eigenvalue weighted by atomic mass is 19.1. The molecule has 1 aromatic heterocycles. The fourth-order valence-electron chi connectivity index (χ4n) is 2.09. The number of carboxylic acid groups (broad SMARTS) is 1. The average Bonchev–Trinajstić information content (AvgIpc) is 2.97. The van der Waals surface area contributed by atoms with Gasteiger partial charge in [-0.25, -0.2) is 4.39 Å². The summed E-state index contributed by atoms with van der Waals surface area (Å²) in [5, 5.41) is 15.4. The lowest BCUT2D eigenvalue weighted by atomic mass is 9.93. The van der Waals surface area contributed by atoms with E-state index in [4.69, 9.17) is 9.63 Å². The standard InChI is InChI=1S/C17H19FN2O4/c1-17(2,3)14-8-13(20-24-14)16(23)19-12(9-15(21)22)10-4-6-11(18)7-5-10/h4-8,12H,9H2,1-3H3,(H,19,23)(H,21,22)/t12-/m0/s1. The van der Waals surface area contributed by atoms with Gasteiger partial charge >= 0.3 is 5.97 Å². The van der Waals surface area contributed by atoms with Gasteiger partial charge in [-0.1, -0.05) is 38.1 Å². The lowest BCUT2D eigenvalue weighted by Gasteiger charge is -2.16. The van der Waals surface area contributed by atoms with Crippen LogP contribution in [0.2, 0.25) is 0 Å². The Kier molecular flexibility index (Phi) is 5.02. The molecule has 2 aromatic rings. The van der Waals surface area contributed by atoms with Crippen LogP contribution in [0.1, 0.15) is 55.0 Å². The van der Waals surface area contributed by atoms with Crippen LogP contribution in [-0.2, 0) is 10.2 Å². The van der Waals surface area contributed by atoms with E-state index in [1.807, 2.05) is 20.8 Å². The highest BCUT2D eigenvalue weighted by molar-refractivity contribution is 5.92. The van der Waals surface area contributed by atoms with Crippen molar-refractivity contribution in [1.82, 2.24) is 10.5 Å². The van der Waals surface area contributed by atoms with E-state index in [2.05, 4.69) is 10.5 Å². The molecule has 7 heteroatoms. The van der Waals surface area contributed by atoms with Crippen molar-refractivity contribution in [1.29, 1.82) is 0 Å². The summed E-state index contributed by atoms with van der Waals surface area (Å²) in [5.74, 6) is -1.53. The number of hydrogen-bond donors (Lipinski definition) is 2. The van der Waals surface area contributed by atoms with Crippen LogP contribution in [-0.4, -0.2) is 22.1 Å². The van der Waals surface area contributed by atoms with Crippen molar-refractivity contribution in [3.63, 3.8) is 0 Å². The zero-order chi connectivity index (χ0) is 17.9. The maximum atomic E-state index is 13.0. The first-order chi connectivity index (χ1) is 11.2. The second kappa shape index (κ2) is 6.82. The molecule has 2 rings (SSSR count). The molecule has 1 amide bonds. The van der Waals surface area contributed by atoms with E-state index in [9.17, 15) is 14.0 Å². The van der Waals surface area contributed by atoms with Crippen LogP contribution >= 0.6 is 0 Å². The summed E-state index contributed by atoms with van der Waals surface area (Å²) >= 11 is 0. The molecule has 0 fully saturated rings. The zero-order valence-corrected chi connectivity index (χ0v) is 13.7. The molecule has 0 spiro atoms. The monoisotopic (exact) mass is 334 g/mol. The van der Waals surface area contributed by atoms with Crippen LogP contribution in [0.5, 0.6) is 0 Å². The van der Waals surface area contributed by atoms with Gasteiger partial charge in [-0.05, 0) is 17.7 Å². The molecule has 0 saturated carbocycles. The van der Waals surface area contributed by atoms with E-state index in [1.54, 1.807) is 0 Å².